The first-order chi connectivity index (χ1) is 12.7. The van der Waals surface area contributed by atoms with E-state index in [9.17, 15) is 4.79 Å². The predicted molar refractivity (Wildman–Crippen MR) is 99.7 cm³/mol. The molecule has 0 aliphatic carbocycles. The molecule has 0 radical (unpaired) electrons. The highest BCUT2D eigenvalue weighted by Crippen LogP contribution is 2.24. The van der Waals surface area contributed by atoms with E-state index in [2.05, 4.69) is 20.4 Å². The van der Waals surface area contributed by atoms with Gasteiger partial charge >= 0.3 is 5.97 Å². The van der Waals surface area contributed by atoms with Crippen LogP contribution in [0.25, 0.3) is 0 Å². The topological polar surface area (TPSA) is 81.7 Å². The van der Waals surface area contributed by atoms with Gasteiger partial charge in [0, 0.05) is 37.3 Å². The van der Waals surface area contributed by atoms with Gasteiger partial charge in [0.05, 0.1) is 27.4 Å². The lowest BCUT2D eigenvalue weighted by Crippen LogP contribution is -2.23. The number of carbonyl (C=O) groups is 1. The Hall–Kier alpha value is -2.80. The van der Waals surface area contributed by atoms with E-state index in [1.165, 1.54) is 7.11 Å². The molecule has 1 heterocycles. The van der Waals surface area contributed by atoms with Crippen molar-refractivity contribution >= 4 is 11.8 Å². The maximum absolute atomic E-state index is 11.1. The first-order valence-corrected chi connectivity index (χ1v) is 8.37. The van der Waals surface area contributed by atoms with Crippen LogP contribution in [0.3, 0.4) is 0 Å². The van der Waals surface area contributed by atoms with E-state index in [0.717, 1.165) is 22.8 Å². The SMILES string of the molecule is CNc1cccc(CCOc2ccc(CNCC(=O)OC)c(OC)c2)n1. The summed E-state index contributed by atoms with van der Waals surface area (Å²) >= 11 is 0. The number of benzene rings is 1. The van der Waals surface area contributed by atoms with Gasteiger partial charge < -0.3 is 24.8 Å². The highest BCUT2D eigenvalue weighted by atomic mass is 16.5. The monoisotopic (exact) mass is 359 g/mol. The number of anilines is 1. The number of pyridine rings is 1. The molecule has 0 amide bonds. The Kier molecular flexibility index (Phi) is 7.70. The van der Waals surface area contributed by atoms with Crippen molar-refractivity contribution < 1.29 is 19.0 Å². The molecule has 7 nitrogen and oxygen atoms in total. The molecule has 0 spiro atoms. The highest BCUT2D eigenvalue weighted by Gasteiger charge is 2.07. The first kappa shape index (κ1) is 19.5. The Morgan fingerprint density at radius 3 is 2.77 bits per heavy atom. The number of methoxy groups -OCH3 is 2. The second-order valence-electron chi connectivity index (χ2n) is 5.52. The molecule has 0 unspecified atom stereocenters. The van der Waals surface area contributed by atoms with Gasteiger partial charge in [-0.3, -0.25) is 4.79 Å². The summed E-state index contributed by atoms with van der Waals surface area (Å²) in [5, 5.41) is 6.03. The zero-order valence-corrected chi connectivity index (χ0v) is 15.4. The molecular formula is C19H25N3O4. The summed E-state index contributed by atoms with van der Waals surface area (Å²) in [7, 11) is 4.81. The smallest absolute Gasteiger partial charge is 0.319 e. The quantitative estimate of drug-likeness (QED) is 0.628. The molecule has 0 atom stereocenters. The summed E-state index contributed by atoms with van der Waals surface area (Å²) < 4.78 is 15.8. The average Bonchev–Trinajstić information content (AvgIpc) is 2.68. The molecule has 2 N–H and O–H groups in total. The van der Waals surface area contributed by atoms with E-state index < -0.39 is 0 Å². The van der Waals surface area contributed by atoms with Gasteiger partial charge in [-0.25, -0.2) is 4.98 Å². The van der Waals surface area contributed by atoms with E-state index in [4.69, 9.17) is 9.47 Å². The molecule has 0 saturated heterocycles. The zero-order valence-electron chi connectivity index (χ0n) is 15.4. The van der Waals surface area contributed by atoms with Gasteiger partial charge in [0.15, 0.2) is 0 Å². The third-order valence-corrected chi connectivity index (χ3v) is 3.76. The highest BCUT2D eigenvalue weighted by molar-refractivity contribution is 5.71. The van der Waals surface area contributed by atoms with Crippen LogP contribution in [0.5, 0.6) is 11.5 Å². The van der Waals surface area contributed by atoms with E-state index in [1.807, 2.05) is 43.4 Å². The lowest BCUT2D eigenvalue weighted by molar-refractivity contribution is -0.139. The first-order valence-electron chi connectivity index (χ1n) is 8.37. The molecule has 0 bridgehead atoms. The van der Waals surface area contributed by atoms with Crippen LogP contribution in [0.1, 0.15) is 11.3 Å². The normalized spacial score (nSPS) is 10.3. The van der Waals surface area contributed by atoms with Crippen molar-refractivity contribution in [3.63, 3.8) is 0 Å². The van der Waals surface area contributed by atoms with Gasteiger partial charge in [0.25, 0.3) is 0 Å². The molecule has 7 heteroatoms. The summed E-state index contributed by atoms with van der Waals surface area (Å²) in [6.45, 7) is 1.17. The Morgan fingerprint density at radius 1 is 1.19 bits per heavy atom. The Morgan fingerprint density at radius 2 is 2.04 bits per heavy atom. The van der Waals surface area contributed by atoms with E-state index >= 15 is 0 Å². The van der Waals surface area contributed by atoms with Gasteiger partial charge in [-0.1, -0.05) is 12.1 Å². The summed E-state index contributed by atoms with van der Waals surface area (Å²) in [5.74, 6) is 1.96. The summed E-state index contributed by atoms with van der Waals surface area (Å²) in [6.07, 6.45) is 0.709. The zero-order chi connectivity index (χ0) is 18.8. The van der Waals surface area contributed by atoms with Gasteiger partial charge in [0.2, 0.25) is 0 Å². The Balaban J connectivity index is 1.88. The van der Waals surface area contributed by atoms with E-state index in [0.29, 0.717) is 25.3 Å². The van der Waals surface area contributed by atoms with Crippen molar-refractivity contribution in [1.82, 2.24) is 10.3 Å². The maximum Gasteiger partial charge on any atom is 0.319 e. The van der Waals surface area contributed by atoms with Crippen LogP contribution >= 0.6 is 0 Å². The molecule has 26 heavy (non-hydrogen) atoms. The molecular weight excluding hydrogens is 334 g/mol. The molecule has 0 aliphatic rings. The van der Waals surface area contributed by atoms with Crippen molar-refractivity contribution in [1.29, 1.82) is 0 Å². The number of rotatable bonds is 10. The average molecular weight is 359 g/mol. The van der Waals surface area contributed by atoms with Crippen LogP contribution in [-0.2, 0) is 22.5 Å². The molecule has 0 fully saturated rings. The standard InChI is InChI=1S/C19H25N3O4/c1-20-18-6-4-5-15(22-18)9-10-26-16-8-7-14(17(11-16)24-2)12-21-13-19(23)25-3/h4-8,11,21H,9-10,12-13H2,1-3H3,(H,20,22). The van der Waals surface area contributed by atoms with Crippen molar-refractivity contribution in [2.24, 2.45) is 0 Å². The van der Waals surface area contributed by atoms with Crippen molar-refractivity contribution in [2.45, 2.75) is 13.0 Å². The summed E-state index contributed by atoms with van der Waals surface area (Å²) in [5.41, 5.74) is 1.90. The fraction of sp³-hybridized carbons (Fsp3) is 0.368. The maximum atomic E-state index is 11.1. The van der Waals surface area contributed by atoms with Crippen molar-refractivity contribution in [3.05, 3.63) is 47.7 Å². The lowest BCUT2D eigenvalue weighted by atomic mass is 10.2. The second-order valence-corrected chi connectivity index (χ2v) is 5.52. The molecule has 2 aromatic rings. The molecule has 0 aliphatic heterocycles. The second kappa shape index (κ2) is 10.2. The van der Waals surface area contributed by atoms with Crippen LogP contribution in [0.2, 0.25) is 0 Å². The molecule has 1 aromatic heterocycles. The molecule has 140 valence electrons. The van der Waals surface area contributed by atoms with Crippen LogP contribution in [0.15, 0.2) is 36.4 Å². The molecule has 1 aromatic carbocycles. The number of aromatic nitrogens is 1. The molecule has 0 saturated carbocycles. The largest absolute Gasteiger partial charge is 0.496 e. The number of nitrogens with zero attached hydrogens (tertiary/aromatic N) is 1. The van der Waals surface area contributed by atoms with Gasteiger partial charge in [-0.2, -0.15) is 0 Å². The van der Waals surface area contributed by atoms with Crippen LogP contribution < -0.4 is 20.1 Å². The third-order valence-electron chi connectivity index (χ3n) is 3.76. The van der Waals surface area contributed by atoms with E-state index in [1.54, 1.807) is 7.11 Å². The minimum atomic E-state index is -0.306. The van der Waals surface area contributed by atoms with Crippen LogP contribution in [0, 0.1) is 0 Å². The number of ether oxygens (including phenoxy) is 3. The third kappa shape index (κ3) is 5.93. The summed E-state index contributed by atoms with van der Waals surface area (Å²) in [4.78, 5) is 15.6. The minimum Gasteiger partial charge on any atom is -0.496 e. The number of hydrogen-bond acceptors (Lipinski definition) is 7. The Labute approximate surface area is 153 Å². The van der Waals surface area contributed by atoms with Gasteiger partial charge in [0.1, 0.15) is 17.3 Å². The van der Waals surface area contributed by atoms with Gasteiger partial charge in [-0.05, 0) is 18.2 Å². The summed E-state index contributed by atoms with van der Waals surface area (Å²) in [6, 6.07) is 11.5. The van der Waals surface area contributed by atoms with Crippen molar-refractivity contribution in [3.8, 4) is 11.5 Å². The van der Waals surface area contributed by atoms with Crippen LogP contribution in [-0.4, -0.2) is 45.4 Å². The van der Waals surface area contributed by atoms with Crippen LogP contribution in [0.4, 0.5) is 5.82 Å². The number of nitrogens with one attached hydrogen (secondary N) is 2. The van der Waals surface area contributed by atoms with E-state index in [-0.39, 0.29) is 12.5 Å². The van der Waals surface area contributed by atoms with Gasteiger partial charge in [-0.15, -0.1) is 0 Å². The fourth-order valence-electron chi connectivity index (χ4n) is 2.36. The van der Waals surface area contributed by atoms with Crippen molar-refractivity contribution in [2.75, 3.05) is 39.7 Å². The predicted octanol–water partition coefficient (Wildman–Crippen LogP) is 2.02. The number of carbonyl (C=O) groups excluding carboxylic acids is 1. The minimum absolute atomic E-state index is 0.149. The Bertz CT molecular complexity index is 722. The number of esters is 1. The molecule has 2 rings (SSSR count). The fourth-order valence-corrected chi connectivity index (χ4v) is 2.36. The lowest BCUT2D eigenvalue weighted by Gasteiger charge is -2.12. The number of hydrogen-bond donors (Lipinski definition) is 2.